The van der Waals surface area contributed by atoms with Crippen LogP contribution in [0.4, 0.5) is 5.69 Å². The number of halogens is 1. The lowest BCUT2D eigenvalue weighted by atomic mass is 10.1. The first-order valence-corrected chi connectivity index (χ1v) is 5.54. The van der Waals surface area contributed by atoms with Gasteiger partial charge in [-0.2, -0.15) is 5.26 Å². The Morgan fingerprint density at radius 3 is 3.20 bits per heavy atom. The number of rotatable bonds is 1. The quantitative estimate of drug-likeness (QED) is 0.784. The second-order valence-corrected chi connectivity index (χ2v) is 4.38. The van der Waals surface area contributed by atoms with E-state index in [0.29, 0.717) is 13.0 Å². The predicted octanol–water partition coefficient (Wildman–Crippen LogP) is 2.56. The SMILES string of the molecule is CN1c2cccc(Br)c2OCC1CC#N. The zero-order valence-corrected chi connectivity index (χ0v) is 9.99. The van der Waals surface area contributed by atoms with Crippen LogP contribution >= 0.6 is 15.9 Å². The van der Waals surface area contributed by atoms with Gasteiger partial charge in [0, 0.05) is 7.05 Å². The molecule has 1 atom stereocenters. The van der Waals surface area contributed by atoms with E-state index in [1.807, 2.05) is 25.2 Å². The van der Waals surface area contributed by atoms with Crippen molar-refractivity contribution in [1.82, 2.24) is 0 Å². The van der Waals surface area contributed by atoms with Gasteiger partial charge in [0.15, 0.2) is 5.75 Å². The fraction of sp³-hybridized carbons (Fsp3) is 0.364. The minimum atomic E-state index is 0.150. The molecule has 0 aliphatic carbocycles. The van der Waals surface area contributed by atoms with Crippen molar-refractivity contribution in [3.8, 4) is 11.8 Å². The van der Waals surface area contributed by atoms with Crippen molar-refractivity contribution < 1.29 is 4.74 Å². The Balaban J connectivity index is 2.35. The summed E-state index contributed by atoms with van der Waals surface area (Å²) in [6.07, 6.45) is 0.489. The van der Waals surface area contributed by atoms with E-state index < -0.39 is 0 Å². The lowest BCUT2D eigenvalue weighted by Crippen LogP contribution is -2.40. The lowest BCUT2D eigenvalue weighted by Gasteiger charge is -2.35. The van der Waals surface area contributed by atoms with Crippen molar-refractivity contribution >= 4 is 21.6 Å². The molecule has 0 aromatic heterocycles. The van der Waals surface area contributed by atoms with E-state index >= 15 is 0 Å². The third-order valence-electron chi connectivity index (χ3n) is 2.62. The first-order chi connectivity index (χ1) is 7.24. The van der Waals surface area contributed by atoms with Crippen LogP contribution in [0.15, 0.2) is 22.7 Å². The fourth-order valence-corrected chi connectivity index (χ4v) is 2.18. The van der Waals surface area contributed by atoms with Gasteiger partial charge in [-0.05, 0) is 28.1 Å². The summed E-state index contributed by atoms with van der Waals surface area (Å²) in [5, 5.41) is 8.70. The normalized spacial score (nSPS) is 19.0. The fourth-order valence-electron chi connectivity index (χ4n) is 1.71. The van der Waals surface area contributed by atoms with Crippen LogP contribution in [-0.4, -0.2) is 19.7 Å². The summed E-state index contributed by atoms with van der Waals surface area (Å²) in [5.41, 5.74) is 1.04. The van der Waals surface area contributed by atoms with Crippen molar-refractivity contribution in [2.24, 2.45) is 0 Å². The maximum absolute atomic E-state index is 8.70. The number of hydrogen-bond donors (Lipinski definition) is 0. The zero-order chi connectivity index (χ0) is 10.8. The summed E-state index contributed by atoms with van der Waals surface area (Å²) in [7, 11) is 2.00. The first kappa shape index (κ1) is 10.3. The van der Waals surface area contributed by atoms with Crippen molar-refractivity contribution in [3.63, 3.8) is 0 Å². The van der Waals surface area contributed by atoms with Crippen LogP contribution in [0.2, 0.25) is 0 Å². The molecule has 0 radical (unpaired) electrons. The van der Waals surface area contributed by atoms with Gasteiger partial charge >= 0.3 is 0 Å². The highest BCUT2D eigenvalue weighted by molar-refractivity contribution is 9.10. The highest BCUT2D eigenvalue weighted by Crippen LogP contribution is 2.39. The minimum Gasteiger partial charge on any atom is -0.488 e. The maximum atomic E-state index is 8.70. The number of nitriles is 1. The molecule has 0 spiro atoms. The highest BCUT2D eigenvalue weighted by Gasteiger charge is 2.25. The third kappa shape index (κ3) is 1.80. The molecular formula is C11H11BrN2O. The molecule has 1 aromatic rings. The highest BCUT2D eigenvalue weighted by atomic mass is 79.9. The number of anilines is 1. The Labute approximate surface area is 97.4 Å². The van der Waals surface area contributed by atoms with Gasteiger partial charge < -0.3 is 9.64 Å². The topological polar surface area (TPSA) is 36.3 Å². The molecule has 0 amide bonds. The van der Waals surface area contributed by atoms with Gasteiger partial charge in [-0.15, -0.1) is 0 Å². The Morgan fingerprint density at radius 2 is 2.47 bits per heavy atom. The number of nitrogens with zero attached hydrogens (tertiary/aromatic N) is 2. The smallest absolute Gasteiger partial charge is 0.156 e. The van der Waals surface area contributed by atoms with Gasteiger partial charge in [-0.25, -0.2) is 0 Å². The number of likely N-dealkylation sites (N-methyl/N-ethyl adjacent to an activating group) is 1. The van der Waals surface area contributed by atoms with E-state index in [-0.39, 0.29) is 6.04 Å². The summed E-state index contributed by atoms with van der Waals surface area (Å²) in [6, 6.07) is 8.26. The molecule has 78 valence electrons. The average molecular weight is 267 g/mol. The Kier molecular flexibility index (Phi) is 2.83. The minimum absolute atomic E-state index is 0.150. The molecule has 0 saturated carbocycles. The predicted molar refractivity (Wildman–Crippen MR) is 62.1 cm³/mol. The molecule has 15 heavy (non-hydrogen) atoms. The van der Waals surface area contributed by atoms with Crippen LogP contribution in [0.3, 0.4) is 0 Å². The van der Waals surface area contributed by atoms with Gasteiger partial charge in [0.2, 0.25) is 0 Å². The van der Waals surface area contributed by atoms with Crippen LogP contribution in [-0.2, 0) is 0 Å². The van der Waals surface area contributed by atoms with Crippen LogP contribution in [0.25, 0.3) is 0 Å². The number of para-hydroxylation sites is 1. The van der Waals surface area contributed by atoms with Gasteiger partial charge in [0.25, 0.3) is 0 Å². The summed E-state index contributed by atoms with van der Waals surface area (Å²) < 4.78 is 6.61. The van der Waals surface area contributed by atoms with Crippen molar-refractivity contribution in [3.05, 3.63) is 22.7 Å². The summed E-state index contributed by atoms with van der Waals surface area (Å²) in [6.45, 7) is 0.569. The zero-order valence-electron chi connectivity index (χ0n) is 8.40. The van der Waals surface area contributed by atoms with Crippen LogP contribution in [0.1, 0.15) is 6.42 Å². The Morgan fingerprint density at radius 1 is 1.67 bits per heavy atom. The molecule has 0 saturated heterocycles. The van der Waals surface area contributed by atoms with Crippen molar-refractivity contribution in [2.45, 2.75) is 12.5 Å². The Bertz CT molecular complexity index is 414. The van der Waals surface area contributed by atoms with E-state index in [0.717, 1.165) is 15.9 Å². The number of benzene rings is 1. The van der Waals surface area contributed by atoms with E-state index in [4.69, 9.17) is 10.00 Å². The van der Waals surface area contributed by atoms with Crippen LogP contribution in [0.5, 0.6) is 5.75 Å². The molecule has 1 aliphatic heterocycles. The van der Waals surface area contributed by atoms with Crippen molar-refractivity contribution in [1.29, 1.82) is 5.26 Å². The molecule has 4 heteroatoms. The maximum Gasteiger partial charge on any atom is 0.156 e. The second-order valence-electron chi connectivity index (χ2n) is 3.53. The van der Waals surface area contributed by atoms with Crippen molar-refractivity contribution in [2.75, 3.05) is 18.6 Å². The molecule has 1 aromatic carbocycles. The molecule has 3 nitrogen and oxygen atoms in total. The van der Waals surface area contributed by atoms with Gasteiger partial charge in [-0.1, -0.05) is 6.07 Å². The molecule has 0 bridgehead atoms. The number of ether oxygens (including phenoxy) is 1. The van der Waals surface area contributed by atoms with Crippen LogP contribution < -0.4 is 9.64 Å². The molecule has 2 rings (SSSR count). The molecular weight excluding hydrogens is 256 g/mol. The average Bonchev–Trinajstić information content (AvgIpc) is 2.23. The standard InChI is InChI=1S/C11H11BrN2O/c1-14-8(5-6-13)7-15-11-9(12)3-2-4-10(11)14/h2-4,8H,5,7H2,1H3. The molecule has 1 aliphatic rings. The van der Waals surface area contributed by atoms with E-state index in [9.17, 15) is 0 Å². The summed E-state index contributed by atoms with van der Waals surface area (Å²) in [5.74, 6) is 0.870. The molecule has 1 unspecified atom stereocenters. The van der Waals surface area contributed by atoms with E-state index in [2.05, 4.69) is 26.9 Å². The van der Waals surface area contributed by atoms with E-state index in [1.54, 1.807) is 0 Å². The van der Waals surface area contributed by atoms with Gasteiger partial charge in [0.1, 0.15) is 6.61 Å². The van der Waals surface area contributed by atoms with Crippen LogP contribution in [0, 0.1) is 11.3 Å². The second kappa shape index (κ2) is 4.11. The Hall–Kier alpha value is -1.21. The molecule has 0 fully saturated rings. The monoisotopic (exact) mass is 266 g/mol. The number of fused-ring (bicyclic) bond motifs is 1. The lowest BCUT2D eigenvalue weighted by molar-refractivity contribution is 0.266. The number of hydrogen-bond acceptors (Lipinski definition) is 3. The summed E-state index contributed by atoms with van der Waals surface area (Å²) >= 11 is 3.45. The largest absolute Gasteiger partial charge is 0.488 e. The van der Waals surface area contributed by atoms with Gasteiger partial charge in [-0.3, -0.25) is 0 Å². The molecule has 1 heterocycles. The summed E-state index contributed by atoms with van der Waals surface area (Å²) in [4.78, 5) is 2.10. The third-order valence-corrected chi connectivity index (χ3v) is 3.25. The van der Waals surface area contributed by atoms with Gasteiger partial charge in [0.05, 0.1) is 28.7 Å². The first-order valence-electron chi connectivity index (χ1n) is 4.75. The van der Waals surface area contributed by atoms with E-state index in [1.165, 1.54) is 0 Å². The molecule has 0 N–H and O–H groups in total.